The Bertz CT molecular complexity index is 1650. The topological polar surface area (TPSA) is 379 Å². The first-order chi connectivity index (χ1) is 30.3. The van der Waals surface area contributed by atoms with E-state index in [0.29, 0.717) is 37.9 Å². The number of nitrogens with two attached hydrogens (primary N) is 5. The number of carbonyl (C=O) groups is 8. The normalized spacial score (nSPS) is 25.1. The number of fused-ring (bicyclic) bond motifs is 1. The maximum atomic E-state index is 14.2. The minimum Gasteiger partial charge on any atom is -0.370 e. The van der Waals surface area contributed by atoms with Crippen LogP contribution < -0.4 is 65.9 Å². The van der Waals surface area contributed by atoms with Crippen molar-refractivity contribution in [3.63, 3.8) is 0 Å². The molecule has 2 rings (SSSR count). The summed E-state index contributed by atoms with van der Waals surface area (Å²) in [5, 5.41) is 19.6. The Kier molecular flexibility index (Phi) is 25.7. The van der Waals surface area contributed by atoms with E-state index in [0.717, 1.165) is 21.6 Å². The van der Waals surface area contributed by atoms with Crippen molar-refractivity contribution < 1.29 is 38.4 Å². The number of primary amides is 1. The zero-order valence-corrected chi connectivity index (χ0v) is 39.6. The van der Waals surface area contributed by atoms with E-state index < -0.39 is 96.1 Å². The quantitative estimate of drug-likeness (QED) is 0.0325. The zero-order valence-electron chi connectivity index (χ0n) is 37.2. The van der Waals surface area contributed by atoms with Gasteiger partial charge >= 0.3 is 0 Å². The number of nitrogens with zero attached hydrogens (tertiary/aromatic N) is 3. The van der Waals surface area contributed by atoms with Crippen LogP contribution in [0.2, 0.25) is 0 Å². The van der Waals surface area contributed by atoms with Crippen LogP contribution >= 0.6 is 33.3 Å². The maximum absolute atomic E-state index is 14.2. The van der Waals surface area contributed by atoms with Gasteiger partial charge in [0.2, 0.25) is 47.3 Å². The van der Waals surface area contributed by atoms with Crippen LogP contribution in [0.3, 0.4) is 0 Å². The molecule has 2 aliphatic rings. The lowest BCUT2D eigenvalue weighted by atomic mass is 10.0. The van der Waals surface area contributed by atoms with Gasteiger partial charge in [-0.1, -0.05) is 35.4 Å². The fourth-order valence-corrected chi connectivity index (χ4v) is 9.69. The molecule has 8 amide bonds. The van der Waals surface area contributed by atoms with Crippen LogP contribution in [0.5, 0.6) is 0 Å². The maximum Gasteiger partial charge on any atom is 0.245 e. The Morgan fingerprint density at radius 2 is 1.44 bits per heavy atom. The standard InChI is InChI=1S/C38H69N15O8S3/c1-21(2)16-23-17-46-24(8-5-12-44-37(40)41)32(57)47-18-30(55)50-27(31(39)56)19-63-64-20-28(48-22(3)54)34(59)52-26(11-15-62-4)36(61)53-14-7-10-29(53)35(60)51-25(33(58)49-23)9-6-13-45-38(42)43/h21,23-29,46H,5-20H2,1-4H3,(H2,39,56)(H,47,57)(H,48,54)(H,49,58)(H,50,55)(H,51,60)(H,52,59)(H4,40,41,44)(H4,42,43,45)/t23-,24-,25-,26-,27-,28+,29-/m0/s1. The lowest BCUT2D eigenvalue weighted by Gasteiger charge is -2.31. The van der Waals surface area contributed by atoms with Gasteiger partial charge in [-0.25, -0.2) is 0 Å². The van der Waals surface area contributed by atoms with Crippen molar-refractivity contribution in [1.29, 1.82) is 0 Å². The van der Waals surface area contributed by atoms with Crippen molar-refractivity contribution >= 4 is 92.5 Å². The summed E-state index contributed by atoms with van der Waals surface area (Å²) >= 11 is 1.46. The molecule has 2 saturated heterocycles. The molecule has 2 aliphatic heterocycles. The molecular formula is C38H69N15O8S3. The molecule has 23 nitrogen and oxygen atoms in total. The molecule has 26 heteroatoms. The number of hydrogen-bond acceptors (Lipinski definition) is 14. The van der Waals surface area contributed by atoms with Crippen molar-refractivity contribution in [3.05, 3.63) is 0 Å². The first-order valence-electron chi connectivity index (χ1n) is 21.2. The molecule has 0 radical (unpaired) electrons. The van der Waals surface area contributed by atoms with E-state index in [1.54, 1.807) is 0 Å². The van der Waals surface area contributed by atoms with Crippen molar-refractivity contribution in [2.24, 2.45) is 44.6 Å². The third-order valence-electron chi connectivity index (χ3n) is 9.97. The lowest BCUT2D eigenvalue weighted by Crippen LogP contribution is -2.59. The first-order valence-corrected chi connectivity index (χ1v) is 25.1. The van der Waals surface area contributed by atoms with E-state index in [1.165, 1.54) is 23.6 Å². The molecule has 7 atom stereocenters. The van der Waals surface area contributed by atoms with Gasteiger partial charge in [-0.15, -0.1) is 0 Å². The highest BCUT2D eigenvalue weighted by Gasteiger charge is 2.39. The number of thioether (sulfide) groups is 1. The Morgan fingerprint density at radius 3 is 2.03 bits per heavy atom. The average molecular weight is 960 g/mol. The largest absolute Gasteiger partial charge is 0.370 e. The first kappa shape index (κ1) is 55.4. The van der Waals surface area contributed by atoms with Gasteiger partial charge in [-0.05, 0) is 69.3 Å². The fraction of sp³-hybridized carbons (Fsp3) is 0.737. The second-order valence-electron chi connectivity index (χ2n) is 15.8. The number of carbonyl (C=O) groups excluding carboxylic acids is 8. The van der Waals surface area contributed by atoms with Crippen LogP contribution in [0.15, 0.2) is 9.98 Å². The van der Waals surface area contributed by atoms with Crippen LogP contribution in [0, 0.1) is 5.92 Å². The number of amides is 8. The van der Waals surface area contributed by atoms with Crippen molar-refractivity contribution in [1.82, 2.24) is 42.1 Å². The number of nitrogens with one attached hydrogen (secondary N) is 7. The second kappa shape index (κ2) is 29.7. The summed E-state index contributed by atoms with van der Waals surface area (Å²) < 4.78 is 0. The zero-order chi connectivity index (χ0) is 47.8. The van der Waals surface area contributed by atoms with E-state index in [1.807, 2.05) is 20.1 Å². The van der Waals surface area contributed by atoms with Crippen molar-refractivity contribution in [2.75, 3.05) is 56.2 Å². The van der Waals surface area contributed by atoms with Gasteiger partial charge in [-0.2, -0.15) is 11.8 Å². The van der Waals surface area contributed by atoms with Crippen LogP contribution in [0.4, 0.5) is 0 Å². The van der Waals surface area contributed by atoms with Gasteiger partial charge in [0.15, 0.2) is 11.9 Å². The van der Waals surface area contributed by atoms with E-state index in [-0.39, 0.29) is 74.8 Å². The Morgan fingerprint density at radius 1 is 0.812 bits per heavy atom. The molecule has 0 bridgehead atoms. The van der Waals surface area contributed by atoms with Gasteiger partial charge in [-0.3, -0.25) is 48.3 Å². The predicted molar refractivity (Wildman–Crippen MR) is 251 cm³/mol. The summed E-state index contributed by atoms with van der Waals surface area (Å²) in [7, 11) is 2.24. The van der Waals surface area contributed by atoms with E-state index in [9.17, 15) is 38.4 Å². The van der Waals surface area contributed by atoms with Gasteiger partial charge in [0.25, 0.3) is 0 Å². The highest BCUT2D eigenvalue weighted by molar-refractivity contribution is 8.76. The molecule has 0 aromatic heterocycles. The Balaban J connectivity index is 2.56. The molecule has 0 aromatic rings. The highest BCUT2D eigenvalue weighted by Crippen LogP contribution is 2.24. The average Bonchev–Trinajstić information content (AvgIpc) is 3.72. The molecular weight excluding hydrogens is 891 g/mol. The molecule has 17 N–H and O–H groups in total. The summed E-state index contributed by atoms with van der Waals surface area (Å²) in [6.07, 6.45) is 4.42. The molecule has 64 heavy (non-hydrogen) atoms. The van der Waals surface area contributed by atoms with Gasteiger partial charge in [0.1, 0.15) is 30.2 Å². The Hall–Kier alpha value is -4.69. The molecule has 0 aliphatic carbocycles. The summed E-state index contributed by atoms with van der Waals surface area (Å²) in [6.45, 7) is 5.41. The third kappa shape index (κ3) is 21.3. The summed E-state index contributed by atoms with van der Waals surface area (Å²) in [4.78, 5) is 117. The molecule has 2 heterocycles. The minimum absolute atomic E-state index is 0.00594. The van der Waals surface area contributed by atoms with E-state index >= 15 is 0 Å². The van der Waals surface area contributed by atoms with Crippen molar-refractivity contribution in [2.45, 2.75) is 114 Å². The third-order valence-corrected chi connectivity index (χ3v) is 13.0. The molecule has 362 valence electrons. The lowest BCUT2D eigenvalue weighted by molar-refractivity contribution is -0.142. The van der Waals surface area contributed by atoms with Crippen LogP contribution in [-0.2, 0) is 38.4 Å². The smallest absolute Gasteiger partial charge is 0.245 e. The summed E-state index contributed by atoms with van der Waals surface area (Å²) in [5.74, 6) is -4.46. The fourth-order valence-electron chi connectivity index (χ4n) is 6.88. The summed E-state index contributed by atoms with van der Waals surface area (Å²) in [6, 6.07) is -6.75. The molecule has 0 aromatic carbocycles. The molecule has 0 saturated carbocycles. The monoisotopic (exact) mass is 959 g/mol. The SMILES string of the molecule is CSCC[C@@H]1NC(=O)[C@H](NC(C)=O)CSSC[C@@H](C(N)=O)NC(=O)CNC(=O)[C@H](CCCN=C(N)N)NC[C@H](CC(C)C)NC(=O)[C@H](CCCN=C(N)N)NC(=O)[C@@H]2CCCN2C1=O. The number of rotatable bonds is 15. The summed E-state index contributed by atoms with van der Waals surface area (Å²) in [5.41, 5.74) is 27.6. The molecule has 2 fully saturated rings. The highest BCUT2D eigenvalue weighted by atomic mass is 33.1. The van der Waals surface area contributed by atoms with Gasteiger partial charge < -0.3 is 70.8 Å². The molecule has 0 spiro atoms. The minimum atomic E-state index is -1.16. The number of guanidine groups is 2. The van der Waals surface area contributed by atoms with Crippen LogP contribution in [0.1, 0.15) is 72.1 Å². The van der Waals surface area contributed by atoms with Crippen LogP contribution in [-0.4, -0.2) is 163 Å². The molecule has 0 unspecified atom stereocenters. The number of aliphatic imine (C=N–C) groups is 2. The van der Waals surface area contributed by atoms with Gasteiger partial charge in [0, 0.05) is 50.7 Å². The predicted octanol–water partition coefficient (Wildman–Crippen LogP) is -3.72. The van der Waals surface area contributed by atoms with Gasteiger partial charge in [0.05, 0.1) is 12.6 Å². The Labute approximate surface area is 386 Å². The second-order valence-corrected chi connectivity index (χ2v) is 19.4. The van der Waals surface area contributed by atoms with Crippen molar-refractivity contribution in [3.8, 4) is 0 Å². The van der Waals surface area contributed by atoms with E-state index in [2.05, 4.69) is 47.2 Å². The van der Waals surface area contributed by atoms with E-state index in [4.69, 9.17) is 28.7 Å². The van der Waals surface area contributed by atoms with Crippen LogP contribution in [0.25, 0.3) is 0 Å². The number of hydrogen-bond donors (Lipinski definition) is 12.